The quantitative estimate of drug-likeness (QED) is 0.556. The summed E-state index contributed by atoms with van der Waals surface area (Å²) in [5.74, 6) is -1.63. The van der Waals surface area contributed by atoms with Crippen LogP contribution in [0, 0.1) is 0 Å². The lowest BCUT2D eigenvalue weighted by Crippen LogP contribution is -2.53. The van der Waals surface area contributed by atoms with Gasteiger partial charge in [0.1, 0.15) is 12.1 Å². The zero-order valence-electron chi connectivity index (χ0n) is 23.6. The van der Waals surface area contributed by atoms with Crippen molar-refractivity contribution in [2.45, 2.75) is 74.5 Å². The summed E-state index contributed by atoms with van der Waals surface area (Å²) in [4.78, 5) is 28.4. The Bertz CT molecular complexity index is 1370. The molecule has 3 aliphatic rings. The van der Waals surface area contributed by atoms with Gasteiger partial charge in [0.15, 0.2) is 0 Å². The maximum absolute atomic E-state index is 14.9. The molecule has 38 heavy (non-hydrogen) atoms. The molecule has 2 aromatic carbocycles. The van der Waals surface area contributed by atoms with Crippen molar-refractivity contribution < 1.29 is 36.4 Å². The van der Waals surface area contributed by atoms with Gasteiger partial charge < -0.3 is 14.9 Å². The number of hydrogen-bond acceptors (Lipinski definition) is 3. The van der Waals surface area contributed by atoms with Crippen LogP contribution in [0.5, 0.6) is 0 Å². The van der Waals surface area contributed by atoms with E-state index in [0.29, 0.717) is 47.2 Å². The van der Waals surface area contributed by atoms with E-state index < -0.39 is 59.8 Å². The third-order valence-corrected chi connectivity index (χ3v) is 8.75. The molecule has 2 amide bonds. The molecule has 2 saturated heterocycles. The number of hydrogen-bond donors (Lipinski definition) is 1. The average Bonchev–Trinajstić information content (AvgIpc) is 3.41. The first-order valence-electron chi connectivity index (χ1n) is 13.9. The van der Waals surface area contributed by atoms with E-state index in [1.165, 1.54) is 12.1 Å². The van der Waals surface area contributed by atoms with Gasteiger partial charge in [-0.2, -0.15) is 13.2 Å². The standard InChI is InChI=1S/C28H29ClF4N2O3/c1-26(30,28(31,32)33)18-6-9-20-17(13-18)5-10-23-27(20,15-16-3-7-19(29)8-4-16)11-12-35(23)24(37)21-14-22(36)25(38)34(21)2/h3-4,6-9,13,21-23,36H,5,10-12,14-15H2,1-2H3/t21-,22-,23?,26?,27?/m0/s1/i2D3. The Morgan fingerprint density at radius 1 is 1.21 bits per heavy atom. The van der Waals surface area contributed by atoms with Crippen LogP contribution in [-0.4, -0.2) is 64.6 Å². The Morgan fingerprint density at radius 2 is 1.92 bits per heavy atom. The number of nitrogens with zero attached hydrogens (tertiary/aromatic N) is 2. The summed E-state index contributed by atoms with van der Waals surface area (Å²) < 4.78 is 78.7. The Morgan fingerprint density at radius 3 is 2.58 bits per heavy atom. The number of halogens is 5. The van der Waals surface area contributed by atoms with Crippen LogP contribution in [0.3, 0.4) is 0 Å². The van der Waals surface area contributed by atoms with Crippen molar-refractivity contribution in [1.82, 2.24) is 9.80 Å². The van der Waals surface area contributed by atoms with Gasteiger partial charge in [0.2, 0.25) is 11.6 Å². The van der Waals surface area contributed by atoms with E-state index in [0.717, 1.165) is 11.6 Å². The predicted octanol–water partition coefficient (Wildman–Crippen LogP) is 4.71. The molecule has 5 rings (SSSR count). The number of likely N-dealkylation sites (tertiary alicyclic amines) is 2. The molecule has 5 atom stereocenters. The second kappa shape index (κ2) is 9.23. The Labute approximate surface area is 227 Å². The Balaban J connectivity index is 1.56. The summed E-state index contributed by atoms with van der Waals surface area (Å²) >= 11 is 6.07. The number of likely N-dealkylation sites (N-methyl/N-ethyl adjacent to an activating group) is 1. The lowest BCUT2D eigenvalue weighted by atomic mass is 9.63. The van der Waals surface area contributed by atoms with Crippen molar-refractivity contribution in [1.29, 1.82) is 0 Å². The molecule has 0 spiro atoms. The van der Waals surface area contributed by atoms with Crippen LogP contribution >= 0.6 is 11.6 Å². The van der Waals surface area contributed by atoms with Crippen molar-refractivity contribution in [3.63, 3.8) is 0 Å². The van der Waals surface area contributed by atoms with Gasteiger partial charge in [0.25, 0.3) is 5.91 Å². The molecule has 2 heterocycles. The normalized spacial score (nSPS) is 30.2. The largest absolute Gasteiger partial charge is 0.426 e. The first-order chi connectivity index (χ1) is 19.0. The molecule has 1 N–H and O–H groups in total. The average molecular weight is 556 g/mol. The summed E-state index contributed by atoms with van der Waals surface area (Å²) in [5, 5.41) is 10.7. The first kappa shape index (κ1) is 23.3. The number of fused-ring (bicyclic) bond motifs is 3. The van der Waals surface area contributed by atoms with Gasteiger partial charge in [0.05, 0.1) is 0 Å². The van der Waals surface area contributed by atoms with E-state index in [4.69, 9.17) is 15.7 Å². The molecule has 0 bridgehead atoms. The third kappa shape index (κ3) is 4.18. The lowest BCUT2D eigenvalue weighted by molar-refractivity contribution is -0.228. The number of amides is 2. The van der Waals surface area contributed by atoms with Crippen LogP contribution in [0.15, 0.2) is 42.5 Å². The zero-order valence-corrected chi connectivity index (χ0v) is 21.3. The maximum atomic E-state index is 14.9. The fourth-order valence-corrected chi connectivity index (χ4v) is 6.51. The number of aliphatic hydroxyl groups is 1. The van der Waals surface area contributed by atoms with Crippen LogP contribution in [0.2, 0.25) is 5.02 Å². The molecular formula is C28H29ClF4N2O3. The van der Waals surface area contributed by atoms with Crippen LogP contribution in [-0.2, 0) is 33.5 Å². The fraction of sp³-hybridized carbons (Fsp3) is 0.500. The molecule has 0 saturated carbocycles. The number of carbonyl (C=O) groups is 2. The number of aryl methyl sites for hydroxylation is 1. The molecule has 3 unspecified atom stereocenters. The summed E-state index contributed by atoms with van der Waals surface area (Å²) in [7, 11) is 0. The lowest BCUT2D eigenvalue weighted by Gasteiger charge is -2.44. The zero-order chi connectivity index (χ0) is 30.1. The highest BCUT2D eigenvalue weighted by atomic mass is 35.5. The van der Waals surface area contributed by atoms with Gasteiger partial charge in [-0.1, -0.05) is 41.9 Å². The predicted molar refractivity (Wildman–Crippen MR) is 133 cm³/mol. The van der Waals surface area contributed by atoms with Gasteiger partial charge >= 0.3 is 6.18 Å². The van der Waals surface area contributed by atoms with Gasteiger partial charge in [-0.05, 0) is 67.0 Å². The molecule has 204 valence electrons. The highest BCUT2D eigenvalue weighted by molar-refractivity contribution is 6.30. The van der Waals surface area contributed by atoms with Crippen LogP contribution < -0.4 is 0 Å². The van der Waals surface area contributed by atoms with E-state index in [9.17, 15) is 32.3 Å². The summed E-state index contributed by atoms with van der Waals surface area (Å²) in [6.45, 7) is -2.23. The van der Waals surface area contributed by atoms with Crippen LogP contribution in [0.1, 0.15) is 52.6 Å². The minimum absolute atomic E-state index is 0.206. The van der Waals surface area contributed by atoms with Crippen LogP contribution in [0.25, 0.3) is 0 Å². The third-order valence-electron chi connectivity index (χ3n) is 8.50. The summed E-state index contributed by atoms with van der Waals surface area (Å²) in [5.41, 5.74) is -2.68. The topological polar surface area (TPSA) is 60.9 Å². The smallest absolute Gasteiger partial charge is 0.383 e. The van der Waals surface area contributed by atoms with Crippen molar-refractivity contribution in [3.8, 4) is 0 Å². The van der Waals surface area contributed by atoms with E-state index >= 15 is 0 Å². The minimum atomic E-state index is -5.10. The van der Waals surface area contributed by atoms with Gasteiger partial charge in [-0.25, -0.2) is 4.39 Å². The molecule has 10 heteroatoms. The van der Waals surface area contributed by atoms with E-state index in [1.807, 2.05) is 12.1 Å². The number of rotatable bonds is 4. The highest BCUT2D eigenvalue weighted by Crippen LogP contribution is 2.51. The second-order valence-electron chi connectivity index (χ2n) is 10.6. The number of alkyl halides is 4. The minimum Gasteiger partial charge on any atom is -0.383 e. The SMILES string of the molecule is [2H]C([2H])([2H])N1C(=O)[C@@H](O)C[C@H]1C(=O)N1CCC2(Cc3ccc(Cl)cc3)c3ccc(C(C)(F)C(F)(F)F)cc3CCC12. The first-order valence-corrected chi connectivity index (χ1v) is 12.8. The molecule has 2 aliphatic heterocycles. The van der Waals surface area contributed by atoms with Crippen molar-refractivity contribution in [3.05, 3.63) is 69.7 Å². The summed E-state index contributed by atoms with van der Waals surface area (Å²) in [6, 6.07) is 9.14. The highest BCUT2D eigenvalue weighted by Gasteiger charge is 2.56. The molecule has 2 aromatic rings. The van der Waals surface area contributed by atoms with Crippen molar-refractivity contribution in [2.24, 2.45) is 0 Å². The van der Waals surface area contributed by atoms with E-state index in [-0.39, 0.29) is 19.4 Å². The van der Waals surface area contributed by atoms with Gasteiger partial charge in [-0.15, -0.1) is 0 Å². The van der Waals surface area contributed by atoms with Crippen molar-refractivity contribution in [2.75, 3.05) is 13.5 Å². The fourth-order valence-electron chi connectivity index (χ4n) is 6.39. The number of aliphatic hydroxyl groups excluding tert-OH is 1. The Hall–Kier alpha value is -2.65. The van der Waals surface area contributed by atoms with E-state index in [1.54, 1.807) is 17.0 Å². The monoisotopic (exact) mass is 555 g/mol. The van der Waals surface area contributed by atoms with Gasteiger partial charge in [-0.3, -0.25) is 9.59 Å². The molecule has 1 aliphatic carbocycles. The van der Waals surface area contributed by atoms with Gasteiger partial charge in [0, 0.05) is 40.5 Å². The number of carbonyl (C=O) groups excluding carboxylic acids is 2. The molecule has 0 aromatic heterocycles. The Kier molecular flexibility index (Phi) is 5.65. The molecule has 5 nitrogen and oxygen atoms in total. The van der Waals surface area contributed by atoms with Crippen molar-refractivity contribution >= 4 is 23.4 Å². The second-order valence-corrected chi connectivity index (χ2v) is 11.1. The van der Waals surface area contributed by atoms with E-state index in [2.05, 4.69) is 0 Å². The maximum Gasteiger partial charge on any atom is 0.426 e. The van der Waals surface area contributed by atoms with Crippen LogP contribution in [0.4, 0.5) is 17.6 Å². The molecular weight excluding hydrogens is 524 g/mol. The molecule has 2 fully saturated rings. The molecule has 0 radical (unpaired) electrons. The summed E-state index contributed by atoms with van der Waals surface area (Å²) in [6.07, 6.45) is -5.66. The number of benzene rings is 2.